The third-order valence-electron chi connectivity index (χ3n) is 3.84. The fourth-order valence-corrected chi connectivity index (χ4v) is 3.15. The SMILES string of the molecule is Clc1ccnc(CN2CCN3CCCC3C2)c1. The lowest BCUT2D eigenvalue weighted by molar-refractivity contribution is 0.0984. The number of piperazine rings is 1. The van der Waals surface area contributed by atoms with Gasteiger partial charge in [-0.3, -0.25) is 14.8 Å². The molecule has 1 aromatic heterocycles. The predicted octanol–water partition coefficient (Wildman–Crippen LogP) is 2.01. The first kappa shape index (κ1) is 11.5. The van der Waals surface area contributed by atoms with Gasteiger partial charge in [0, 0.05) is 43.4 Å². The smallest absolute Gasteiger partial charge is 0.0558 e. The molecule has 3 rings (SSSR count). The van der Waals surface area contributed by atoms with Crippen LogP contribution in [0.15, 0.2) is 18.3 Å². The maximum absolute atomic E-state index is 5.98. The van der Waals surface area contributed by atoms with Crippen molar-refractivity contribution in [3.8, 4) is 0 Å². The van der Waals surface area contributed by atoms with Gasteiger partial charge in [-0.05, 0) is 31.5 Å². The Hall–Kier alpha value is -0.640. The number of nitrogens with zero attached hydrogens (tertiary/aromatic N) is 3. The summed E-state index contributed by atoms with van der Waals surface area (Å²) in [5.41, 5.74) is 1.09. The zero-order valence-corrected chi connectivity index (χ0v) is 10.7. The maximum Gasteiger partial charge on any atom is 0.0558 e. The minimum atomic E-state index is 0.780. The third-order valence-corrected chi connectivity index (χ3v) is 4.07. The summed E-state index contributed by atoms with van der Waals surface area (Å²) in [5, 5.41) is 0.787. The fraction of sp³-hybridized carbons (Fsp3) is 0.615. The average Bonchev–Trinajstić information content (AvgIpc) is 2.76. The van der Waals surface area contributed by atoms with E-state index in [-0.39, 0.29) is 0 Å². The molecule has 2 fully saturated rings. The van der Waals surface area contributed by atoms with Crippen LogP contribution >= 0.6 is 11.6 Å². The van der Waals surface area contributed by atoms with E-state index in [1.165, 1.54) is 32.5 Å². The Kier molecular flexibility index (Phi) is 3.32. The van der Waals surface area contributed by atoms with Crippen molar-refractivity contribution in [3.63, 3.8) is 0 Å². The Morgan fingerprint density at radius 3 is 3.18 bits per heavy atom. The number of halogens is 1. The average molecular weight is 252 g/mol. The van der Waals surface area contributed by atoms with Gasteiger partial charge in [-0.1, -0.05) is 11.6 Å². The van der Waals surface area contributed by atoms with E-state index in [0.29, 0.717) is 0 Å². The number of hydrogen-bond donors (Lipinski definition) is 0. The molecular formula is C13H18ClN3. The van der Waals surface area contributed by atoms with Crippen molar-refractivity contribution in [1.82, 2.24) is 14.8 Å². The highest BCUT2D eigenvalue weighted by Gasteiger charge is 2.30. The highest BCUT2D eigenvalue weighted by molar-refractivity contribution is 6.30. The fourth-order valence-electron chi connectivity index (χ4n) is 2.96. The molecule has 2 saturated heterocycles. The molecule has 3 nitrogen and oxygen atoms in total. The van der Waals surface area contributed by atoms with Crippen LogP contribution in [-0.2, 0) is 6.54 Å². The largest absolute Gasteiger partial charge is 0.298 e. The van der Waals surface area contributed by atoms with E-state index in [1.54, 1.807) is 6.20 Å². The lowest BCUT2D eigenvalue weighted by Crippen LogP contribution is -2.49. The molecule has 0 N–H and O–H groups in total. The lowest BCUT2D eigenvalue weighted by Gasteiger charge is -2.37. The first-order valence-corrected chi connectivity index (χ1v) is 6.76. The molecule has 0 bridgehead atoms. The number of hydrogen-bond acceptors (Lipinski definition) is 3. The van der Waals surface area contributed by atoms with Crippen molar-refractivity contribution in [3.05, 3.63) is 29.0 Å². The van der Waals surface area contributed by atoms with E-state index >= 15 is 0 Å². The van der Waals surface area contributed by atoms with Crippen LogP contribution in [0.4, 0.5) is 0 Å². The summed E-state index contributed by atoms with van der Waals surface area (Å²) in [6, 6.07) is 4.59. The number of rotatable bonds is 2. The zero-order chi connectivity index (χ0) is 11.7. The van der Waals surface area contributed by atoms with Gasteiger partial charge in [0.05, 0.1) is 5.69 Å². The van der Waals surface area contributed by atoms with Crippen molar-refractivity contribution in [1.29, 1.82) is 0 Å². The summed E-state index contributed by atoms with van der Waals surface area (Å²) in [4.78, 5) is 9.51. The van der Waals surface area contributed by atoms with E-state index in [2.05, 4.69) is 14.8 Å². The minimum Gasteiger partial charge on any atom is -0.298 e. The molecule has 3 heterocycles. The molecule has 92 valence electrons. The van der Waals surface area contributed by atoms with Crippen LogP contribution in [0.25, 0.3) is 0 Å². The first-order chi connectivity index (χ1) is 8.31. The van der Waals surface area contributed by atoms with Crippen molar-refractivity contribution in [2.24, 2.45) is 0 Å². The zero-order valence-electron chi connectivity index (χ0n) is 9.98. The Bertz CT molecular complexity index is 396. The van der Waals surface area contributed by atoms with Gasteiger partial charge in [0.15, 0.2) is 0 Å². The molecule has 1 atom stereocenters. The van der Waals surface area contributed by atoms with Gasteiger partial charge in [-0.2, -0.15) is 0 Å². The van der Waals surface area contributed by atoms with Crippen LogP contribution < -0.4 is 0 Å². The number of pyridine rings is 1. The molecule has 1 unspecified atom stereocenters. The van der Waals surface area contributed by atoms with Crippen LogP contribution in [-0.4, -0.2) is 47.0 Å². The summed E-state index contributed by atoms with van der Waals surface area (Å²) in [6.07, 6.45) is 4.52. The molecule has 17 heavy (non-hydrogen) atoms. The second-order valence-electron chi connectivity index (χ2n) is 5.03. The van der Waals surface area contributed by atoms with Gasteiger partial charge in [0.2, 0.25) is 0 Å². The minimum absolute atomic E-state index is 0.780. The van der Waals surface area contributed by atoms with E-state index in [1.807, 2.05) is 12.1 Å². The summed E-state index contributed by atoms with van der Waals surface area (Å²) < 4.78 is 0. The third kappa shape index (κ3) is 2.62. The molecule has 0 radical (unpaired) electrons. The molecule has 0 amide bonds. The van der Waals surface area contributed by atoms with Crippen LogP contribution in [0.3, 0.4) is 0 Å². The molecule has 2 aliphatic heterocycles. The van der Waals surface area contributed by atoms with Crippen molar-refractivity contribution < 1.29 is 0 Å². The summed E-state index contributed by atoms with van der Waals surface area (Å²) in [6.45, 7) is 5.79. The molecule has 2 aliphatic rings. The predicted molar refractivity (Wildman–Crippen MR) is 69.1 cm³/mol. The summed E-state index contributed by atoms with van der Waals surface area (Å²) in [7, 11) is 0. The van der Waals surface area contributed by atoms with Gasteiger partial charge >= 0.3 is 0 Å². The summed E-state index contributed by atoms with van der Waals surface area (Å²) in [5.74, 6) is 0. The number of fused-ring (bicyclic) bond motifs is 1. The van der Waals surface area contributed by atoms with Crippen LogP contribution in [0.1, 0.15) is 18.5 Å². The van der Waals surface area contributed by atoms with E-state index in [9.17, 15) is 0 Å². The first-order valence-electron chi connectivity index (χ1n) is 6.38. The van der Waals surface area contributed by atoms with Crippen molar-refractivity contribution in [2.75, 3.05) is 26.2 Å². The molecule has 1 aromatic rings. The summed E-state index contributed by atoms with van der Waals surface area (Å²) >= 11 is 5.98. The van der Waals surface area contributed by atoms with Crippen molar-refractivity contribution >= 4 is 11.6 Å². The molecule has 0 saturated carbocycles. The highest BCUT2D eigenvalue weighted by atomic mass is 35.5. The standard InChI is InChI=1S/C13H18ClN3/c14-11-3-4-15-12(8-11)9-16-6-7-17-5-1-2-13(17)10-16/h3-4,8,13H,1-2,5-7,9-10H2. The van der Waals surface area contributed by atoms with Crippen LogP contribution in [0, 0.1) is 0 Å². The van der Waals surface area contributed by atoms with Gasteiger partial charge in [0.1, 0.15) is 0 Å². The Labute approximate surface area is 107 Å². The van der Waals surface area contributed by atoms with E-state index in [0.717, 1.165) is 29.8 Å². The monoisotopic (exact) mass is 251 g/mol. The highest BCUT2D eigenvalue weighted by Crippen LogP contribution is 2.22. The maximum atomic E-state index is 5.98. The quantitative estimate of drug-likeness (QED) is 0.802. The normalized spacial score (nSPS) is 26.1. The second kappa shape index (κ2) is 4.92. The van der Waals surface area contributed by atoms with Crippen LogP contribution in [0.2, 0.25) is 5.02 Å². The molecule has 0 aliphatic carbocycles. The van der Waals surface area contributed by atoms with Crippen LogP contribution in [0.5, 0.6) is 0 Å². The molecule has 4 heteroatoms. The topological polar surface area (TPSA) is 19.4 Å². The molecule has 0 spiro atoms. The van der Waals surface area contributed by atoms with E-state index in [4.69, 9.17) is 11.6 Å². The van der Waals surface area contributed by atoms with Crippen molar-refractivity contribution in [2.45, 2.75) is 25.4 Å². The lowest BCUT2D eigenvalue weighted by atomic mass is 10.1. The van der Waals surface area contributed by atoms with Gasteiger partial charge in [-0.15, -0.1) is 0 Å². The number of aromatic nitrogens is 1. The molecular weight excluding hydrogens is 234 g/mol. The van der Waals surface area contributed by atoms with Gasteiger partial charge in [-0.25, -0.2) is 0 Å². The Morgan fingerprint density at radius 2 is 2.29 bits per heavy atom. The Morgan fingerprint density at radius 1 is 1.35 bits per heavy atom. The van der Waals surface area contributed by atoms with E-state index < -0.39 is 0 Å². The van der Waals surface area contributed by atoms with Gasteiger partial charge in [0.25, 0.3) is 0 Å². The molecule has 0 aromatic carbocycles. The second-order valence-corrected chi connectivity index (χ2v) is 5.47. The van der Waals surface area contributed by atoms with Gasteiger partial charge < -0.3 is 0 Å². The Balaban J connectivity index is 1.62.